The second-order valence-electron chi connectivity index (χ2n) is 7.27. The molecule has 3 aliphatic rings. The van der Waals surface area contributed by atoms with Crippen LogP contribution in [0.5, 0.6) is 0 Å². The summed E-state index contributed by atoms with van der Waals surface area (Å²) < 4.78 is 0. The first-order chi connectivity index (χ1) is 12.1. The molecular formula is C17H26N6O2. The van der Waals surface area contributed by atoms with E-state index in [2.05, 4.69) is 20.2 Å². The van der Waals surface area contributed by atoms with Gasteiger partial charge in [0, 0.05) is 32.7 Å². The van der Waals surface area contributed by atoms with E-state index in [0.717, 1.165) is 56.1 Å². The molecular weight excluding hydrogens is 320 g/mol. The molecule has 4 heterocycles. The highest BCUT2D eigenvalue weighted by Crippen LogP contribution is 2.32. The lowest BCUT2D eigenvalue weighted by atomic mass is 10.1. The molecule has 0 aromatic carbocycles. The maximum Gasteiger partial charge on any atom is 0.242 e. The quantitative estimate of drug-likeness (QED) is 0.752. The molecule has 0 spiro atoms. The summed E-state index contributed by atoms with van der Waals surface area (Å²) in [4.78, 5) is 27.8. The Bertz CT molecular complexity index is 648. The number of rotatable bonds is 2. The Hall–Kier alpha value is -1.93. The van der Waals surface area contributed by atoms with Gasteiger partial charge in [0.1, 0.15) is 18.0 Å². The minimum Gasteiger partial charge on any atom is -0.391 e. The minimum absolute atomic E-state index is 0.138. The molecule has 1 aromatic heterocycles. The SMILES string of the molecule is CN1CC(=O)N(C2CCNC2)Cc2c1ncnc2N1CCCC(O)C1. The number of carbonyl (C=O) groups excluding carboxylic acids is 1. The number of aromatic nitrogens is 2. The molecule has 136 valence electrons. The van der Waals surface area contributed by atoms with E-state index in [-0.39, 0.29) is 18.1 Å². The van der Waals surface area contributed by atoms with Crippen LogP contribution in [0.2, 0.25) is 0 Å². The molecule has 2 unspecified atom stereocenters. The van der Waals surface area contributed by atoms with Crippen LogP contribution < -0.4 is 15.1 Å². The van der Waals surface area contributed by atoms with Crippen molar-refractivity contribution >= 4 is 17.5 Å². The minimum atomic E-state index is -0.320. The summed E-state index contributed by atoms with van der Waals surface area (Å²) in [6.45, 7) is 4.13. The number of carbonyl (C=O) groups is 1. The highest BCUT2D eigenvalue weighted by atomic mass is 16.3. The van der Waals surface area contributed by atoms with Crippen molar-refractivity contribution in [3.8, 4) is 0 Å². The summed E-state index contributed by atoms with van der Waals surface area (Å²) in [5.41, 5.74) is 0.997. The van der Waals surface area contributed by atoms with Gasteiger partial charge in [-0.3, -0.25) is 4.79 Å². The normalized spacial score (nSPS) is 27.4. The molecule has 0 radical (unpaired) electrons. The topological polar surface area (TPSA) is 84.8 Å². The fraction of sp³-hybridized carbons (Fsp3) is 0.706. The van der Waals surface area contributed by atoms with E-state index < -0.39 is 0 Å². The third kappa shape index (κ3) is 3.16. The van der Waals surface area contributed by atoms with Crippen LogP contribution in [-0.2, 0) is 11.3 Å². The summed E-state index contributed by atoms with van der Waals surface area (Å²) in [7, 11) is 1.91. The summed E-state index contributed by atoms with van der Waals surface area (Å²) in [5.74, 6) is 1.83. The number of hydrogen-bond donors (Lipinski definition) is 2. The molecule has 25 heavy (non-hydrogen) atoms. The first kappa shape index (κ1) is 16.5. The number of likely N-dealkylation sites (N-methyl/N-ethyl adjacent to an activating group) is 1. The Morgan fingerprint density at radius 3 is 2.84 bits per heavy atom. The van der Waals surface area contributed by atoms with E-state index in [4.69, 9.17) is 0 Å². The zero-order chi connectivity index (χ0) is 17.4. The Morgan fingerprint density at radius 2 is 2.08 bits per heavy atom. The Balaban J connectivity index is 1.70. The van der Waals surface area contributed by atoms with Gasteiger partial charge in [0.25, 0.3) is 0 Å². The summed E-state index contributed by atoms with van der Waals surface area (Å²) >= 11 is 0. The van der Waals surface area contributed by atoms with Crippen molar-refractivity contribution in [3.63, 3.8) is 0 Å². The van der Waals surface area contributed by atoms with Gasteiger partial charge in [-0.15, -0.1) is 0 Å². The summed E-state index contributed by atoms with van der Waals surface area (Å²) in [5, 5.41) is 13.4. The van der Waals surface area contributed by atoms with E-state index in [1.165, 1.54) is 0 Å². The van der Waals surface area contributed by atoms with Gasteiger partial charge in [-0.1, -0.05) is 0 Å². The van der Waals surface area contributed by atoms with Crippen molar-refractivity contribution in [2.75, 3.05) is 49.6 Å². The van der Waals surface area contributed by atoms with E-state index >= 15 is 0 Å². The number of nitrogens with one attached hydrogen (secondary N) is 1. The molecule has 8 nitrogen and oxygen atoms in total. The molecule has 3 aliphatic heterocycles. The number of nitrogens with zero attached hydrogens (tertiary/aromatic N) is 5. The van der Waals surface area contributed by atoms with Crippen LogP contribution in [0.4, 0.5) is 11.6 Å². The van der Waals surface area contributed by atoms with Gasteiger partial charge >= 0.3 is 0 Å². The number of hydrogen-bond acceptors (Lipinski definition) is 7. The number of amides is 1. The van der Waals surface area contributed by atoms with Gasteiger partial charge in [0.2, 0.25) is 5.91 Å². The summed E-state index contributed by atoms with van der Waals surface area (Å²) in [6, 6.07) is 0.229. The molecule has 0 bridgehead atoms. The second kappa shape index (κ2) is 6.76. The van der Waals surface area contributed by atoms with Gasteiger partial charge in [-0.2, -0.15) is 0 Å². The molecule has 0 aliphatic carbocycles. The van der Waals surface area contributed by atoms with Crippen molar-refractivity contribution in [3.05, 3.63) is 11.9 Å². The number of piperidine rings is 1. The van der Waals surface area contributed by atoms with E-state index in [1.54, 1.807) is 6.33 Å². The number of anilines is 2. The fourth-order valence-corrected chi connectivity index (χ4v) is 4.15. The zero-order valence-corrected chi connectivity index (χ0v) is 14.7. The molecule has 1 aromatic rings. The average molecular weight is 346 g/mol. The number of aliphatic hydroxyl groups is 1. The van der Waals surface area contributed by atoms with Crippen molar-refractivity contribution in [1.82, 2.24) is 20.2 Å². The smallest absolute Gasteiger partial charge is 0.242 e. The molecule has 4 rings (SSSR count). The van der Waals surface area contributed by atoms with Crippen molar-refractivity contribution < 1.29 is 9.90 Å². The fourth-order valence-electron chi connectivity index (χ4n) is 4.15. The van der Waals surface area contributed by atoms with Gasteiger partial charge < -0.3 is 25.1 Å². The molecule has 2 N–H and O–H groups in total. The molecule has 2 saturated heterocycles. The number of aliphatic hydroxyl groups excluding tert-OH is 1. The zero-order valence-electron chi connectivity index (χ0n) is 14.7. The van der Waals surface area contributed by atoms with Gasteiger partial charge in [-0.25, -0.2) is 9.97 Å². The van der Waals surface area contributed by atoms with Crippen LogP contribution in [-0.4, -0.2) is 77.8 Å². The van der Waals surface area contributed by atoms with Crippen LogP contribution in [0, 0.1) is 0 Å². The lowest BCUT2D eigenvalue weighted by Crippen LogP contribution is -2.44. The Morgan fingerprint density at radius 1 is 1.24 bits per heavy atom. The maximum atomic E-state index is 12.8. The largest absolute Gasteiger partial charge is 0.391 e. The molecule has 8 heteroatoms. The predicted molar refractivity (Wildman–Crippen MR) is 94.6 cm³/mol. The van der Waals surface area contributed by atoms with E-state index in [0.29, 0.717) is 19.6 Å². The number of β-amino-alcohol motifs (C(OH)–C–C–N with tert-alkyl or cyclic N) is 1. The van der Waals surface area contributed by atoms with Crippen molar-refractivity contribution in [1.29, 1.82) is 0 Å². The lowest BCUT2D eigenvalue weighted by molar-refractivity contribution is -0.132. The van der Waals surface area contributed by atoms with E-state index in [9.17, 15) is 9.90 Å². The monoisotopic (exact) mass is 346 g/mol. The molecule has 2 atom stereocenters. The molecule has 2 fully saturated rings. The predicted octanol–water partition coefficient (Wildman–Crippen LogP) is -0.422. The Labute approximate surface area is 147 Å². The average Bonchev–Trinajstić information content (AvgIpc) is 3.09. The third-order valence-corrected chi connectivity index (χ3v) is 5.45. The maximum absolute atomic E-state index is 12.8. The Kier molecular flexibility index (Phi) is 4.47. The third-order valence-electron chi connectivity index (χ3n) is 5.45. The first-order valence-electron chi connectivity index (χ1n) is 9.11. The van der Waals surface area contributed by atoms with Crippen LogP contribution in [0.3, 0.4) is 0 Å². The second-order valence-corrected chi connectivity index (χ2v) is 7.27. The highest BCUT2D eigenvalue weighted by molar-refractivity contribution is 5.84. The van der Waals surface area contributed by atoms with E-state index in [1.807, 2.05) is 16.8 Å². The summed E-state index contributed by atoms with van der Waals surface area (Å²) in [6.07, 6.45) is 4.02. The van der Waals surface area contributed by atoms with Crippen LogP contribution in [0.25, 0.3) is 0 Å². The van der Waals surface area contributed by atoms with Crippen molar-refractivity contribution in [2.45, 2.75) is 38.0 Å². The van der Waals surface area contributed by atoms with Crippen LogP contribution >= 0.6 is 0 Å². The van der Waals surface area contributed by atoms with Gasteiger partial charge in [0.15, 0.2) is 0 Å². The van der Waals surface area contributed by atoms with Crippen LogP contribution in [0.1, 0.15) is 24.8 Å². The lowest BCUT2D eigenvalue weighted by Gasteiger charge is -2.33. The molecule has 0 saturated carbocycles. The van der Waals surface area contributed by atoms with Crippen molar-refractivity contribution in [2.24, 2.45) is 0 Å². The first-order valence-corrected chi connectivity index (χ1v) is 9.11. The number of fused-ring (bicyclic) bond motifs is 1. The van der Waals surface area contributed by atoms with Gasteiger partial charge in [0.05, 0.1) is 24.8 Å². The standard InChI is InChI=1S/C17H26N6O2/c1-21-10-15(25)23(12-4-5-18-7-12)9-14-16(21)19-11-20-17(14)22-6-2-3-13(24)8-22/h11-13,18,24H,2-10H2,1H3. The van der Waals surface area contributed by atoms with Crippen LogP contribution in [0.15, 0.2) is 6.33 Å². The highest BCUT2D eigenvalue weighted by Gasteiger charge is 2.34. The molecule has 1 amide bonds. The van der Waals surface area contributed by atoms with Gasteiger partial charge in [-0.05, 0) is 25.8 Å².